The summed E-state index contributed by atoms with van der Waals surface area (Å²) in [6.45, 7) is 2.13. The average molecular weight is 431 g/mol. The molecule has 0 bridgehead atoms. The van der Waals surface area contributed by atoms with E-state index < -0.39 is 16.8 Å². The number of nitrogens with one attached hydrogen (secondary N) is 3. The number of non-ortho nitro benzene ring substituents is 1. The van der Waals surface area contributed by atoms with Crippen molar-refractivity contribution in [3.8, 4) is 0 Å². The molecule has 3 N–H and O–H groups in total. The molecule has 1 saturated heterocycles. The van der Waals surface area contributed by atoms with E-state index in [2.05, 4.69) is 22.9 Å². The van der Waals surface area contributed by atoms with Crippen molar-refractivity contribution in [3.05, 3.63) is 51.2 Å². The highest BCUT2D eigenvalue weighted by Crippen LogP contribution is 2.44. The summed E-state index contributed by atoms with van der Waals surface area (Å²) < 4.78 is 0. The van der Waals surface area contributed by atoms with Gasteiger partial charge in [0.2, 0.25) is 5.91 Å². The minimum Gasteiger partial charge on any atom is -0.372 e. The largest absolute Gasteiger partial charge is 0.372 e. The number of nitrogens with zero attached hydrogens (tertiary/aromatic N) is 1. The lowest BCUT2D eigenvalue weighted by Gasteiger charge is -2.47. The SMILES string of the molecule is CCCCSC1NC(=O)C2C(NC3=C(C(=O)CCC3)C2c2ccc([N+](=O)[O-])cc2)N1. The molecule has 8 nitrogen and oxygen atoms in total. The van der Waals surface area contributed by atoms with Crippen molar-refractivity contribution < 1.29 is 14.5 Å². The summed E-state index contributed by atoms with van der Waals surface area (Å²) in [6, 6.07) is 6.23. The number of hydrogen-bond acceptors (Lipinski definition) is 7. The van der Waals surface area contributed by atoms with Crippen LogP contribution >= 0.6 is 11.8 Å². The van der Waals surface area contributed by atoms with E-state index in [-0.39, 0.29) is 29.0 Å². The van der Waals surface area contributed by atoms with Gasteiger partial charge >= 0.3 is 0 Å². The van der Waals surface area contributed by atoms with E-state index in [9.17, 15) is 19.7 Å². The molecular formula is C21H26N4O4S. The second-order valence-corrected chi connectivity index (χ2v) is 9.14. The Bertz CT molecular complexity index is 885. The number of carbonyl (C=O) groups is 2. The van der Waals surface area contributed by atoms with Crippen molar-refractivity contribution >= 4 is 29.1 Å². The van der Waals surface area contributed by atoms with Crippen LogP contribution in [0, 0.1) is 16.0 Å². The van der Waals surface area contributed by atoms with Crippen LogP contribution in [0.5, 0.6) is 0 Å². The number of nitro benzene ring substituents is 1. The Labute approximate surface area is 179 Å². The zero-order valence-electron chi connectivity index (χ0n) is 16.8. The first kappa shape index (κ1) is 20.9. The third-order valence-electron chi connectivity index (χ3n) is 5.97. The number of fused-ring (bicyclic) bond motifs is 1. The molecule has 0 aromatic heterocycles. The van der Waals surface area contributed by atoms with Crippen molar-refractivity contribution in [3.63, 3.8) is 0 Å². The number of allylic oxidation sites excluding steroid dienone is 2. The third kappa shape index (κ3) is 3.96. The van der Waals surface area contributed by atoms with Crippen LogP contribution in [0.3, 0.4) is 0 Å². The molecule has 3 aliphatic rings. The Kier molecular flexibility index (Phi) is 6.10. The molecule has 160 valence electrons. The van der Waals surface area contributed by atoms with E-state index in [4.69, 9.17) is 0 Å². The summed E-state index contributed by atoms with van der Waals surface area (Å²) in [6.07, 6.45) is 3.91. The smallest absolute Gasteiger partial charge is 0.269 e. The number of rotatable bonds is 6. The summed E-state index contributed by atoms with van der Waals surface area (Å²) in [5.41, 5.74) is 2.12. The van der Waals surface area contributed by atoms with Crippen LogP contribution in [0.1, 0.15) is 50.5 Å². The normalized spacial score (nSPS) is 28.3. The second-order valence-electron chi connectivity index (χ2n) is 7.92. The first-order chi connectivity index (χ1) is 14.5. The highest BCUT2D eigenvalue weighted by Gasteiger charge is 2.49. The summed E-state index contributed by atoms with van der Waals surface area (Å²) in [5.74, 6) is -0.0279. The number of Topliss-reactive ketones (excluding diaryl/α,β-unsaturated/α-hetero) is 1. The van der Waals surface area contributed by atoms with Crippen LogP contribution in [-0.2, 0) is 9.59 Å². The number of benzene rings is 1. The Morgan fingerprint density at radius 2 is 1.93 bits per heavy atom. The van der Waals surface area contributed by atoms with Gasteiger partial charge in [-0.15, -0.1) is 11.8 Å². The van der Waals surface area contributed by atoms with Crippen molar-refractivity contribution in [2.45, 2.75) is 56.6 Å². The molecule has 2 aliphatic heterocycles. The number of amides is 1. The minimum atomic E-state index is -0.504. The predicted molar refractivity (Wildman–Crippen MR) is 115 cm³/mol. The fourth-order valence-electron chi connectivity index (χ4n) is 4.51. The predicted octanol–water partition coefficient (Wildman–Crippen LogP) is 2.77. The summed E-state index contributed by atoms with van der Waals surface area (Å²) in [7, 11) is 0. The van der Waals surface area contributed by atoms with Gasteiger partial charge in [0.1, 0.15) is 5.50 Å². The standard InChI is InChI=1S/C21H26N4O4S/c1-2-3-11-30-21-23-19-18(20(27)24-21)16(12-7-9-13(10-8-12)25(28)29)17-14(22-19)5-4-6-15(17)26/h7-10,16,18-19,21-23H,2-6,11H2,1H3,(H,24,27). The van der Waals surface area contributed by atoms with Crippen LogP contribution in [-0.4, -0.2) is 34.0 Å². The van der Waals surface area contributed by atoms with Gasteiger partial charge < -0.3 is 10.6 Å². The van der Waals surface area contributed by atoms with Gasteiger partial charge in [-0.05, 0) is 30.6 Å². The molecule has 0 radical (unpaired) electrons. The molecule has 4 unspecified atom stereocenters. The molecule has 1 fully saturated rings. The fraction of sp³-hybridized carbons (Fsp3) is 0.524. The maximum atomic E-state index is 13.2. The Balaban J connectivity index is 1.68. The van der Waals surface area contributed by atoms with Gasteiger partial charge in [-0.3, -0.25) is 25.0 Å². The Morgan fingerprint density at radius 3 is 2.63 bits per heavy atom. The molecule has 1 amide bonds. The second kappa shape index (κ2) is 8.77. The van der Waals surface area contributed by atoms with Crippen LogP contribution in [0.25, 0.3) is 0 Å². The lowest BCUT2D eigenvalue weighted by atomic mass is 9.70. The number of hydrogen-bond donors (Lipinski definition) is 3. The van der Waals surface area contributed by atoms with Crippen molar-refractivity contribution in [1.29, 1.82) is 0 Å². The van der Waals surface area contributed by atoms with Crippen LogP contribution in [0.2, 0.25) is 0 Å². The van der Waals surface area contributed by atoms with Crippen LogP contribution in [0.15, 0.2) is 35.5 Å². The van der Waals surface area contributed by atoms with Gasteiger partial charge in [0.15, 0.2) is 5.78 Å². The van der Waals surface area contributed by atoms with Gasteiger partial charge in [0.25, 0.3) is 5.69 Å². The average Bonchev–Trinajstić information content (AvgIpc) is 2.73. The minimum absolute atomic E-state index is 0.00739. The number of carbonyl (C=O) groups excluding carboxylic acids is 2. The zero-order valence-corrected chi connectivity index (χ0v) is 17.7. The fourth-order valence-corrected chi connectivity index (χ4v) is 5.65. The van der Waals surface area contributed by atoms with Crippen LogP contribution < -0.4 is 16.0 Å². The third-order valence-corrected chi connectivity index (χ3v) is 7.08. The van der Waals surface area contributed by atoms with Gasteiger partial charge in [0, 0.05) is 35.7 Å². The van der Waals surface area contributed by atoms with Gasteiger partial charge in [-0.1, -0.05) is 25.5 Å². The number of thioether (sulfide) groups is 1. The molecule has 4 rings (SSSR count). The van der Waals surface area contributed by atoms with E-state index in [1.54, 1.807) is 23.9 Å². The number of unbranched alkanes of at least 4 members (excludes halogenated alkanes) is 1. The Hall–Kier alpha value is -2.39. The lowest BCUT2D eigenvalue weighted by molar-refractivity contribution is -0.384. The molecule has 4 atom stereocenters. The summed E-state index contributed by atoms with van der Waals surface area (Å²) >= 11 is 1.67. The molecule has 1 aromatic carbocycles. The molecule has 30 heavy (non-hydrogen) atoms. The summed E-state index contributed by atoms with van der Waals surface area (Å²) in [4.78, 5) is 36.6. The number of nitro groups is 1. The molecule has 1 aromatic rings. The van der Waals surface area contributed by atoms with Crippen molar-refractivity contribution in [1.82, 2.24) is 16.0 Å². The van der Waals surface area contributed by atoms with Gasteiger partial charge in [-0.25, -0.2) is 0 Å². The van der Waals surface area contributed by atoms with Gasteiger partial charge in [-0.2, -0.15) is 0 Å². The maximum Gasteiger partial charge on any atom is 0.269 e. The van der Waals surface area contributed by atoms with Crippen molar-refractivity contribution in [2.75, 3.05) is 5.75 Å². The van der Waals surface area contributed by atoms with Crippen LogP contribution in [0.4, 0.5) is 5.69 Å². The molecule has 1 aliphatic carbocycles. The first-order valence-corrected chi connectivity index (χ1v) is 11.5. The quantitative estimate of drug-likeness (QED) is 0.361. The zero-order chi connectivity index (χ0) is 21.3. The highest BCUT2D eigenvalue weighted by molar-refractivity contribution is 7.99. The maximum absolute atomic E-state index is 13.2. The number of ketones is 1. The van der Waals surface area contributed by atoms with E-state index in [1.807, 2.05) is 0 Å². The molecule has 0 saturated carbocycles. The monoisotopic (exact) mass is 430 g/mol. The molecule has 9 heteroatoms. The topological polar surface area (TPSA) is 113 Å². The van der Waals surface area contributed by atoms with E-state index >= 15 is 0 Å². The van der Waals surface area contributed by atoms with Gasteiger partial charge in [0.05, 0.1) is 17.0 Å². The molecular weight excluding hydrogens is 404 g/mol. The summed E-state index contributed by atoms with van der Waals surface area (Å²) in [5, 5.41) is 21.0. The van der Waals surface area contributed by atoms with E-state index in [0.717, 1.165) is 42.7 Å². The first-order valence-electron chi connectivity index (χ1n) is 10.4. The van der Waals surface area contributed by atoms with E-state index in [0.29, 0.717) is 12.0 Å². The Morgan fingerprint density at radius 1 is 1.17 bits per heavy atom. The highest BCUT2D eigenvalue weighted by atomic mass is 32.2. The van der Waals surface area contributed by atoms with Crippen molar-refractivity contribution in [2.24, 2.45) is 5.92 Å². The molecule has 0 spiro atoms. The molecule has 2 heterocycles. The lowest BCUT2D eigenvalue weighted by Crippen LogP contribution is -2.67. The van der Waals surface area contributed by atoms with E-state index in [1.165, 1.54) is 12.1 Å².